The summed E-state index contributed by atoms with van der Waals surface area (Å²) in [5.74, 6) is 2.61. The second kappa shape index (κ2) is 6.10. The highest BCUT2D eigenvalue weighted by Crippen LogP contribution is 2.32. The van der Waals surface area contributed by atoms with Gasteiger partial charge in [-0.3, -0.25) is 0 Å². The van der Waals surface area contributed by atoms with E-state index in [0.717, 1.165) is 5.75 Å². The lowest BCUT2D eigenvalue weighted by molar-refractivity contribution is 0.461. The Labute approximate surface area is 128 Å². The van der Waals surface area contributed by atoms with E-state index in [2.05, 4.69) is 0 Å². The van der Waals surface area contributed by atoms with Gasteiger partial charge in [0, 0.05) is 17.8 Å². The molecule has 0 atom stereocenters. The van der Waals surface area contributed by atoms with Crippen LogP contribution >= 0.6 is 0 Å². The van der Waals surface area contributed by atoms with Crippen LogP contribution in [0.1, 0.15) is 0 Å². The van der Waals surface area contributed by atoms with Crippen LogP contribution in [0.15, 0.2) is 72.8 Å². The predicted molar refractivity (Wildman–Crippen MR) is 88.3 cm³/mol. The van der Waals surface area contributed by atoms with E-state index in [9.17, 15) is 0 Å². The van der Waals surface area contributed by atoms with Crippen LogP contribution in [0.25, 0.3) is 0 Å². The average molecular weight is 292 g/mol. The Balaban J connectivity index is 1.81. The molecule has 0 aliphatic heterocycles. The molecule has 4 nitrogen and oxygen atoms in total. The van der Waals surface area contributed by atoms with Crippen LogP contribution in [0.2, 0.25) is 0 Å². The highest BCUT2D eigenvalue weighted by Gasteiger charge is 2.05. The van der Waals surface area contributed by atoms with E-state index in [1.807, 2.05) is 48.5 Å². The number of benzene rings is 3. The molecule has 3 rings (SSSR count). The number of nitrogens with two attached hydrogens (primary N) is 2. The lowest BCUT2D eigenvalue weighted by atomic mass is 10.2. The fraction of sp³-hybridized carbons (Fsp3) is 0. The fourth-order valence-corrected chi connectivity index (χ4v) is 1.99. The second-order valence-electron chi connectivity index (χ2n) is 4.79. The van der Waals surface area contributed by atoms with Crippen molar-refractivity contribution in [2.24, 2.45) is 0 Å². The Morgan fingerprint density at radius 1 is 0.591 bits per heavy atom. The van der Waals surface area contributed by atoms with Gasteiger partial charge in [0.05, 0.1) is 5.69 Å². The molecule has 0 fully saturated rings. The quantitative estimate of drug-likeness (QED) is 0.698. The first kappa shape index (κ1) is 13.8. The largest absolute Gasteiger partial charge is 0.457 e. The van der Waals surface area contributed by atoms with E-state index in [-0.39, 0.29) is 0 Å². The molecule has 0 saturated heterocycles. The average Bonchev–Trinajstić information content (AvgIpc) is 2.52. The van der Waals surface area contributed by atoms with E-state index in [1.165, 1.54) is 0 Å². The molecular weight excluding hydrogens is 276 g/mol. The number of rotatable bonds is 4. The van der Waals surface area contributed by atoms with Gasteiger partial charge in [0.2, 0.25) is 0 Å². The molecule has 0 aliphatic rings. The molecule has 4 N–H and O–H groups in total. The third kappa shape index (κ3) is 3.30. The minimum atomic E-state index is 0.525. The standard InChI is InChI=1S/C18H16N2O2/c19-13-9-10-17(20)18(11-13)22-16-8-4-7-15(12-16)21-14-5-2-1-3-6-14/h1-12H,19-20H2. The highest BCUT2D eigenvalue weighted by atomic mass is 16.5. The number of para-hydroxylation sites is 1. The zero-order valence-corrected chi connectivity index (χ0v) is 11.9. The Hall–Kier alpha value is -3.14. The highest BCUT2D eigenvalue weighted by molar-refractivity contribution is 5.60. The summed E-state index contributed by atoms with van der Waals surface area (Å²) in [6.07, 6.45) is 0. The molecule has 0 aromatic heterocycles. The molecule has 0 amide bonds. The Bertz CT molecular complexity index is 773. The lowest BCUT2D eigenvalue weighted by Crippen LogP contribution is -1.94. The normalized spacial score (nSPS) is 10.2. The summed E-state index contributed by atoms with van der Waals surface area (Å²) in [4.78, 5) is 0. The first-order chi connectivity index (χ1) is 10.7. The predicted octanol–water partition coefficient (Wildman–Crippen LogP) is 4.44. The van der Waals surface area contributed by atoms with Crippen molar-refractivity contribution < 1.29 is 9.47 Å². The molecule has 0 saturated carbocycles. The summed E-state index contributed by atoms with van der Waals surface area (Å²) < 4.78 is 11.6. The van der Waals surface area contributed by atoms with E-state index in [0.29, 0.717) is 28.6 Å². The van der Waals surface area contributed by atoms with Crippen LogP contribution in [0.5, 0.6) is 23.0 Å². The number of nitrogen functional groups attached to an aromatic ring is 2. The third-order valence-electron chi connectivity index (χ3n) is 3.05. The van der Waals surface area contributed by atoms with E-state index < -0.39 is 0 Å². The second-order valence-corrected chi connectivity index (χ2v) is 4.79. The Morgan fingerprint density at radius 3 is 2.05 bits per heavy atom. The van der Waals surface area contributed by atoms with Crippen LogP contribution in [-0.2, 0) is 0 Å². The minimum absolute atomic E-state index is 0.525. The first-order valence-corrected chi connectivity index (χ1v) is 6.86. The van der Waals surface area contributed by atoms with Crippen molar-refractivity contribution in [3.63, 3.8) is 0 Å². The van der Waals surface area contributed by atoms with Crippen LogP contribution in [-0.4, -0.2) is 0 Å². The first-order valence-electron chi connectivity index (χ1n) is 6.86. The molecule has 110 valence electrons. The molecular formula is C18H16N2O2. The lowest BCUT2D eigenvalue weighted by Gasteiger charge is -2.11. The fourth-order valence-electron chi connectivity index (χ4n) is 1.99. The Morgan fingerprint density at radius 2 is 1.27 bits per heavy atom. The van der Waals surface area contributed by atoms with Crippen molar-refractivity contribution in [2.75, 3.05) is 11.5 Å². The van der Waals surface area contributed by atoms with Crippen molar-refractivity contribution in [1.82, 2.24) is 0 Å². The van der Waals surface area contributed by atoms with Gasteiger partial charge in [0.25, 0.3) is 0 Å². The third-order valence-corrected chi connectivity index (χ3v) is 3.05. The van der Waals surface area contributed by atoms with E-state index >= 15 is 0 Å². The van der Waals surface area contributed by atoms with Gasteiger partial charge in [-0.1, -0.05) is 24.3 Å². The van der Waals surface area contributed by atoms with E-state index in [1.54, 1.807) is 24.3 Å². The summed E-state index contributed by atoms with van der Waals surface area (Å²) in [5.41, 5.74) is 12.8. The van der Waals surface area contributed by atoms with Crippen molar-refractivity contribution in [1.29, 1.82) is 0 Å². The number of hydrogen-bond donors (Lipinski definition) is 2. The van der Waals surface area contributed by atoms with Crippen LogP contribution in [0, 0.1) is 0 Å². The summed E-state index contributed by atoms with van der Waals surface area (Å²) in [7, 11) is 0. The summed E-state index contributed by atoms with van der Waals surface area (Å²) in [6.45, 7) is 0. The molecule has 3 aromatic carbocycles. The minimum Gasteiger partial charge on any atom is -0.457 e. The molecule has 0 spiro atoms. The van der Waals surface area contributed by atoms with Gasteiger partial charge in [-0.15, -0.1) is 0 Å². The summed E-state index contributed by atoms with van der Waals surface area (Å²) >= 11 is 0. The monoisotopic (exact) mass is 292 g/mol. The summed E-state index contributed by atoms with van der Waals surface area (Å²) in [5, 5.41) is 0. The van der Waals surface area contributed by atoms with Crippen molar-refractivity contribution in [3.8, 4) is 23.0 Å². The Kier molecular flexibility index (Phi) is 3.83. The number of anilines is 2. The topological polar surface area (TPSA) is 70.5 Å². The molecule has 0 heterocycles. The zero-order chi connectivity index (χ0) is 15.4. The molecule has 0 radical (unpaired) electrons. The van der Waals surface area contributed by atoms with Gasteiger partial charge < -0.3 is 20.9 Å². The van der Waals surface area contributed by atoms with Gasteiger partial charge in [0.1, 0.15) is 17.2 Å². The van der Waals surface area contributed by atoms with Gasteiger partial charge in [-0.25, -0.2) is 0 Å². The molecule has 3 aromatic rings. The molecule has 0 bridgehead atoms. The van der Waals surface area contributed by atoms with Gasteiger partial charge in [-0.05, 0) is 36.4 Å². The zero-order valence-electron chi connectivity index (χ0n) is 11.9. The van der Waals surface area contributed by atoms with Crippen molar-refractivity contribution in [2.45, 2.75) is 0 Å². The maximum Gasteiger partial charge on any atom is 0.152 e. The smallest absolute Gasteiger partial charge is 0.152 e. The summed E-state index contributed by atoms with van der Waals surface area (Å²) in [6, 6.07) is 22.1. The van der Waals surface area contributed by atoms with E-state index in [4.69, 9.17) is 20.9 Å². The van der Waals surface area contributed by atoms with Gasteiger partial charge >= 0.3 is 0 Å². The SMILES string of the molecule is Nc1ccc(N)c(Oc2cccc(Oc3ccccc3)c2)c1. The molecule has 0 aliphatic carbocycles. The van der Waals surface area contributed by atoms with Gasteiger partial charge in [-0.2, -0.15) is 0 Å². The van der Waals surface area contributed by atoms with Crippen LogP contribution in [0.3, 0.4) is 0 Å². The van der Waals surface area contributed by atoms with Crippen molar-refractivity contribution in [3.05, 3.63) is 72.8 Å². The molecule has 4 heteroatoms. The van der Waals surface area contributed by atoms with Crippen LogP contribution in [0.4, 0.5) is 11.4 Å². The number of hydrogen-bond acceptors (Lipinski definition) is 4. The van der Waals surface area contributed by atoms with Crippen LogP contribution < -0.4 is 20.9 Å². The maximum atomic E-state index is 5.89. The van der Waals surface area contributed by atoms with Crippen molar-refractivity contribution >= 4 is 11.4 Å². The maximum absolute atomic E-state index is 5.89. The number of ether oxygens (including phenoxy) is 2. The van der Waals surface area contributed by atoms with Gasteiger partial charge in [0.15, 0.2) is 5.75 Å². The molecule has 22 heavy (non-hydrogen) atoms. The molecule has 0 unspecified atom stereocenters.